The van der Waals surface area contributed by atoms with Crippen molar-refractivity contribution in [1.82, 2.24) is 4.98 Å². The molecule has 3 saturated carbocycles. The van der Waals surface area contributed by atoms with Gasteiger partial charge in [0.25, 0.3) is 5.92 Å². The Morgan fingerprint density at radius 1 is 1.15 bits per heavy atom. The second-order valence-corrected chi connectivity index (χ2v) is 8.94. The van der Waals surface area contributed by atoms with E-state index in [4.69, 9.17) is 5.73 Å². The number of amides is 1. The third-order valence-electron chi connectivity index (χ3n) is 6.53. The highest BCUT2D eigenvalue weighted by Crippen LogP contribution is 2.84. The summed E-state index contributed by atoms with van der Waals surface area (Å²) >= 11 is 0. The largest absolute Gasteiger partial charge is 0.394 e. The van der Waals surface area contributed by atoms with Gasteiger partial charge in [-0.25, -0.2) is 13.8 Å². The van der Waals surface area contributed by atoms with Crippen molar-refractivity contribution in [2.24, 2.45) is 10.8 Å². The van der Waals surface area contributed by atoms with Crippen molar-refractivity contribution in [3.63, 3.8) is 0 Å². The van der Waals surface area contributed by atoms with Gasteiger partial charge in [0, 0.05) is 24.3 Å². The normalized spacial score (nSPS) is 31.2. The monoisotopic (exact) mass is 389 g/mol. The second-order valence-electron chi connectivity index (χ2n) is 8.94. The number of hydrogen-bond acceptors (Lipinski definition) is 3. The minimum atomic E-state index is -4.47. The van der Waals surface area contributed by atoms with Gasteiger partial charge in [0.15, 0.2) is 0 Å². The molecule has 148 valence electrons. The summed E-state index contributed by atoms with van der Waals surface area (Å²) in [5, 5.41) is 0. The van der Waals surface area contributed by atoms with Crippen LogP contribution in [0.25, 0.3) is 0 Å². The molecule has 0 aromatic carbocycles. The number of anilines is 2. The highest BCUT2D eigenvalue weighted by Gasteiger charge is 2.85. The molecule has 2 N–H and O–H groups in total. The third kappa shape index (κ3) is 2.08. The van der Waals surface area contributed by atoms with E-state index in [0.717, 1.165) is 6.07 Å². The summed E-state index contributed by atoms with van der Waals surface area (Å²) in [5.74, 6) is -4.24. The zero-order chi connectivity index (χ0) is 20.2. The van der Waals surface area contributed by atoms with Crippen molar-refractivity contribution in [1.29, 1.82) is 0 Å². The van der Waals surface area contributed by atoms with E-state index in [9.17, 15) is 18.0 Å². The number of hydrogen-bond donors (Lipinski definition) is 1. The van der Waals surface area contributed by atoms with Crippen LogP contribution in [-0.4, -0.2) is 23.6 Å². The van der Waals surface area contributed by atoms with Crippen molar-refractivity contribution in [3.8, 4) is 0 Å². The van der Waals surface area contributed by atoms with E-state index in [2.05, 4.69) is 4.98 Å². The molecule has 4 aliphatic rings. The lowest BCUT2D eigenvalue weighted by Gasteiger charge is -2.72. The Morgan fingerprint density at radius 3 is 2.19 bits per heavy atom. The quantitative estimate of drug-likeness (QED) is 0.774. The standard InChI is InChI=1S/C18H20F5N3O/c1-9(27)26-8-14(2,3)12-11(26)4-10(13(24)25-12)17(19,20)15-5-16(6-15,7-15)18(21,22)23/h4H,5-8H2,1-3H3,(H2,24,25). The zero-order valence-electron chi connectivity index (χ0n) is 15.2. The van der Waals surface area contributed by atoms with E-state index < -0.39 is 53.2 Å². The Bertz CT molecular complexity index is 842. The van der Waals surface area contributed by atoms with Crippen molar-refractivity contribution in [2.75, 3.05) is 17.2 Å². The molecule has 5 rings (SSSR count). The van der Waals surface area contributed by atoms with Crippen molar-refractivity contribution in [2.45, 2.75) is 57.5 Å². The summed E-state index contributed by atoms with van der Waals surface area (Å²) in [5.41, 5.74) is 1.66. The van der Waals surface area contributed by atoms with Gasteiger partial charge >= 0.3 is 6.18 Å². The van der Waals surface area contributed by atoms with Crippen LogP contribution in [0.2, 0.25) is 0 Å². The van der Waals surface area contributed by atoms with Gasteiger partial charge in [0.2, 0.25) is 5.91 Å². The fraction of sp³-hybridized carbons (Fsp3) is 0.667. The summed E-state index contributed by atoms with van der Waals surface area (Å²) in [7, 11) is 0. The number of nitrogen functional groups attached to an aromatic ring is 1. The van der Waals surface area contributed by atoms with Crippen molar-refractivity contribution >= 4 is 17.4 Å². The Hall–Kier alpha value is -1.93. The molecule has 3 fully saturated rings. The molecular weight excluding hydrogens is 369 g/mol. The minimum absolute atomic E-state index is 0.258. The number of aromatic nitrogens is 1. The highest BCUT2D eigenvalue weighted by molar-refractivity contribution is 5.94. The molecule has 0 saturated heterocycles. The number of fused-ring (bicyclic) bond motifs is 1. The van der Waals surface area contributed by atoms with Gasteiger partial charge < -0.3 is 10.6 Å². The lowest BCUT2D eigenvalue weighted by atomic mass is 9.32. The predicted octanol–water partition coefficient (Wildman–Crippen LogP) is 4.13. The Kier molecular flexibility index (Phi) is 3.23. The highest BCUT2D eigenvalue weighted by atomic mass is 19.4. The average molecular weight is 389 g/mol. The Balaban J connectivity index is 1.74. The molecule has 0 unspecified atom stereocenters. The van der Waals surface area contributed by atoms with E-state index >= 15 is 8.78 Å². The van der Waals surface area contributed by atoms with Crippen LogP contribution in [0.1, 0.15) is 51.3 Å². The topological polar surface area (TPSA) is 59.2 Å². The molecule has 9 heteroatoms. The number of pyridine rings is 1. The summed E-state index contributed by atoms with van der Waals surface area (Å²) in [6, 6.07) is 1.15. The van der Waals surface area contributed by atoms with Gasteiger partial charge in [-0.1, -0.05) is 13.8 Å². The van der Waals surface area contributed by atoms with Crippen LogP contribution in [0.3, 0.4) is 0 Å². The van der Waals surface area contributed by atoms with Crippen molar-refractivity contribution < 1.29 is 26.7 Å². The summed E-state index contributed by atoms with van der Waals surface area (Å²) < 4.78 is 69.6. The SMILES string of the molecule is CC(=O)N1CC(C)(C)c2nc(N)c(C(F)(F)C34CC(C(F)(F)F)(C3)C4)cc21. The molecule has 0 spiro atoms. The number of carbonyl (C=O) groups excluding carboxylic acids is 1. The van der Waals surface area contributed by atoms with Crippen LogP contribution in [0.4, 0.5) is 33.5 Å². The van der Waals surface area contributed by atoms with Crippen LogP contribution in [0.15, 0.2) is 6.07 Å². The number of nitrogens with zero attached hydrogens (tertiary/aromatic N) is 2. The van der Waals surface area contributed by atoms with Gasteiger partial charge in [-0.2, -0.15) is 13.2 Å². The van der Waals surface area contributed by atoms with Crippen LogP contribution in [-0.2, 0) is 16.1 Å². The second kappa shape index (κ2) is 4.72. The minimum Gasteiger partial charge on any atom is -0.383 e. The number of rotatable bonds is 2. The Labute approximate surface area is 152 Å². The molecule has 1 aromatic rings. The lowest BCUT2D eigenvalue weighted by molar-refractivity contribution is -0.411. The lowest BCUT2D eigenvalue weighted by Crippen LogP contribution is -2.73. The fourth-order valence-corrected chi connectivity index (χ4v) is 5.02. The van der Waals surface area contributed by atoms with Gasteiger partial charge in [-0.15, -0.1) is 0 Å². The molecule has 1 aliphatic heterocycles. The predicted molar refractivity (Wildman–Crippen MR) is 88.4 cm³/mol. The summed E-state index contributed by atoms with van der Waals surface area (Å²) in [6.45, 7) is 5.26. The first-order valence-electron chi connectivity index (χ1n) is 8.70. The molecule has 2 bridgehead atoms. The third-order valence-corrected chi connectivity index (χ3v) is 6.53. The van der Waals surface area contributed by atoms with E-state index in [0.29, 0.717) is 5.69 Å². The number of nitrogens with two attached hydrogens (primary N) is 1. The average Bonchev–Trinajstić information content (AvgIpc) is 2.64. The van der Waals surface area contributed by atoms with Crippen LogP contribution >= 0.6 is 0 Å². The number of carbonyl (C=O) groups is 1. The summed E-state index contributed by atoms with van der Waals surface area (Å²) in [6.07, 6.45) is -6.28. The van der Waals surface area contributed by atoms with Gasteiger partial charge in [-0.3, -0.25) is 4.79 Å². The molecule has 1 amide bonds. The number of alkyl halides is 5. The molecule has 27 heavy (non-hydrogen) atoms. The molecule has 4 nitrogen and oxygen atoms in total. The van der Waals surface area contributed by atoms with E-state index in [1.54, 1.807) is 0 Å². The maximum atomic E-state index is 15.2. The van der Waals surface area contributed by atoms with E-state index in [-0.39, 0.29) is 24.0 Å². The first-order valence-corrected chi connectivity index (χ1v) is 8.70. The smallest absolute Gasteiger partial charge is 0.383 e. The molecule has 1 aromatic heterocycles. The van der Waals surface area contributed by atoms with Crippen molar-refractivity contribution in [3.05, 3.63) is 17.3 Å². The maximum Gasteiger partial charge on any atom is 0.394 e. The van der Waals surface area contributed by atoms with Gasteiger partial charge in [0.1, 0.15) is 5.82 Å². The molecule has 0 atom stereocenters. The van der Waals surface area contributed by atoms with Crippen LogP contribution < -0.4 is 10.6 Å². The number of halogens is 5. The Morgan fingerprint density at radius 2 is 1.70 bits per heavy atom. The van der Waals surface area contributed by atoms with E-state index in [1.165, 1.54) is 11.8 Å². The zero-order valence-corrected chi connectivity index (χ0v) is 15.2. The fourth-order valence-electron chi connectivity index (χ4n) is 5.02. The first kappa shape index (κ1) is 18.4. The molecular formula is C18H20F5N3O. The maximum absolute atomic E-state index is 15.2. The van der Waals surface area contributed by atoms with Gasteiger partial charge in [0.05, 0.1) is 22.4 Å². The molecule has 2 heterocycles. The molecule has 0 radical (unpaired) electrons. The van der Waals surface area contributed by atoms with E-state index in [1.807, 2.05) is 13.8 Å². The summed E-state index contributed by atoms with van der Waals surface area (Å²) in [4.78, 5) is 17.4. The first-order chi connectivity index (χ1) is 12.2. The molecule has 3 aliphatic carbocycles. The van der Waals surface area contributed by atoms with Crippen LogP contribution in [0.5, 0.6) is 0 Å². The van der Waals surface area contributed by atoms with Crippen LogP contribution in [0, 0.1) is 10.8 Å². The van der Waals surface area contributed by atoms with Gasteiger partial charge in [-0.05, 0) is 25.3 Å².